The van der Waals surface area contributed by atoms with Gasteiger partial charge in [0.25, 0.3) is 0 Å². The largest absolute Gasteiger partial charge is 0.368 e. The van der Waals surface area contributed by atoms with Crippen molar-refractivity contribution in [2.24, 2.45) is 11.7 Å². The van der Waals surface area contributed by atoms with Gasteiger partial charge in [-0.05, 0) is 49.3 Å². The molecule has 1 aliphatic carbocycles. The summed E-state index contributed by atoms with van der Waals surface area (Å²) in [5, 5.41) is 0. The van der Waals surface area contributed by atoms with Crippen LogP contribution in [0.4, 0.5) is 5.69 Å². The van der Waals surface area contributed by atoms with Crippen LogP contribution in [0.3, 0.4) is 0 Å². The third kappa shape index (κ3) is 2.51. The first kappa shape index (κ1) is 13.0. The molecule has 1 saturated heterocycles. The van der Waals surface area contributed by atoms with Crippen LogP contribution in [0.2, 0.25) is 0 Å². The topological polar surface area (TPSA) is 29.3 Å². The van der Waals surface area contributed by atoms with Gasteiger partial charge in [0.1, 0.15) is 0 Å². The maximum atomic E-state index is 6.09. The van der Waals surface area contributed by atoms with E-state index in [9.17, 15) is 0 Å². The number of benzene rings is 1. The zero-order valence-electron chi connectivity index (χ0n) is 12.0. The van der Waals surface area contributed by atoms with Gasteiger partial charge in [0.2, 0.25) is 0 Å². The Hall–Kier alpha value is -1.02. The van der Waals surface area contributed by atoms with E-state index < -0.39 is 0 Å². The summed E-state index contributed by atoms with van der Waals surface area (Å²) in [6, 6.07) is 10.00. The van der Waals surface area contributed by atoms with Crippen molar-refractivity contribution in [3.8, 4) is 0 Å². The van der Waals surface area contributed by atoms with Gasteiger partial charge in [-0.3, -0.25) is 0 Å². The molecule has 1 aromatic rings. The lowest BCUT2D eigenvalue weighted by atomic mass is 9.85. The van der Waals surface area contributed by atoms with Crippen molar-refractivity contribution in [1.29, 1.82) is 0 Å². The molecule has 2 aliphatic rings. The van der Waals surface area contributed by atoms with Gasteiger partial charge in [-0.25, -0.2) is 0 Å². The molecule has 1 heterocycles. The molecule has 0 aromatic heterocycles. The summed E-state index contributed by atoms with van der Waals surface area (Å²) < 4.78 is 0. The molecule has 0 amide bonds. The minimum absolute atomic E-state index is 0.190. The van der Waals surface area contributed by atoms with E-state index in [4.69, 9.17) is 5.73 Å². The smallest absolute Gasteiger partial charge is 0.0369 e. The number of hydrogen-bond donors (Lipinski definition) is 1. The third-order valence-electron chi connectivity index (χ3n) is 5.10. The van der Waals surface area contributed by atoms with Crippen molar-refractivity contribution in [3.05, 3.63) is 29.8 Å². The zero-order chi connectivity index (χ0) is 13.2. The molecule has 1 aromatic carbocycles. The second-order valence-electron chi connectivity index (χ2n) is 6.20. The summed E-state index contributed by atoms with van der Waals surface area (Å²) in [5.41, 5.74) is 8.76. The first-order valence-electron chi connectivity index (χ1n) is 7.91. The Morgan fingerprint density at radius 2 is 1.89 bits per heavy atom. The number of rotatable bonds is 3. The lowest BCUT2D eigenvalue weighted by Crippen LogP contribution is -2.34. The summed E-state index contributed by atoms with van der Waals surface area (Å²) in [6.45, 7) is 3.39. The fraction of sp³-hybridized carbons (Fsp3) is 0.647. The standard InChI is InChI=1S/C17H26N2/c1-2-16(18)13-7-9-15(10-8-13)19-12-11-14-5-3-4-6-17(14)19/h7-10,14,16-17H,2-6,11-12,18H2,1H3/t14?,16-,17?/m0/s1. The predicted octanol–water partition coefficient (Wildman–Crippen LogP) is 3.87. The predicted molar refractivity (Wildman–Crippen MR) is 81.4 cm³/mol. The van der Waals surface area contributed by atoms with Crippen LogP contribution in [0.1, 0.15) is 57.1 Å². The summed E-state index contributed by atoms with van der Waals surface area (Å²) in [5.74, 6) is 0.950. The molecule has 2 heteroatoms. The van der Waals surface area contributed by atoms with E-state index in [2.05, 4.69) is 36.1 Å². The third-order valence-corrected chi connectivity index (χ3v) is 5.10. The van der Waals surface area contributed by atoms with Crippen molar-refractivity contribution in [2.75, 3.05) is 11.4 Å². The van der Waals surface area contributed by atoms with Crippen LogP contribution in [0, 0.1) is 5.92 Å². The molecular formula is C17H26N2. The normalized spacial score (nSPS) is 28.2. The molecule has 0 spiro atoms. The molecule has 0 bridgehead atoms. The van der Waals surface area contributed by atoms with E-state index in [1.54, 1.807) is 0 Å². The number of nitrogens with two attached hydrogens (primary N) is 1. The van der Waals surface area contributed by atoms with Crippen LogP contribution < -0.4 is 10.6 Å². The summed E-state index contributed by atoms with van der Waals surface area (Å²) in [4.78, 5) is 2.64. The molecule has 2 N–H and O–H groups in total. The number of anilines is 1. The quantitative estimate of drug-likeness (QED) is 0.892. The Morgan fingerprint density at radius 1 is 1.16 bits per heavy atom. The Kier molecular flexibility index (Phi) is 3.79. The highest BCUT2D eigenvalue weighted by molar-refractivity contribution is 5.50. The first-order chi connectivity index (χ1) is 9.29. The van der Waals surface area contributed by atoms with Crippen molar-refractivity contribution in [1.82, 2.24) is 0 Å². The maximum Gasteiger partial charge on any atom is 0.0369 e. The maximum absolute atomic E-state index is 6.09. The van der Waals surface area contributed by atoms with Crippen molar-refractivity contribution in [3.63, 3.8) is 0 Å². The second kappa shape index (κ2) is 5.54. The Bertz CT molecular complexity index is 412. The highest BCUT2D eigenvalue weighted by Crippen LogP contribution is 2.38. The molecule has 3 rings (SSSR count). The van der Waals surface area contributed by atoms with E-state index >= 15 is 0 Å². The fourth-order valence-corrected chi connectivity index (χ4v) is 3.88. The van der Waals surface area contributed by atoms with Gasteiger partial charge in [0.15, 0.2) is 0 Å². The average molecular weight is 258 g/mol. The Balaban J connectivity index is 1.75. The minimum atomic E-state index is 0.190. The van der Waals surface area contributed by atoms with Gasteiger partial charge in [-0.1, -0.05) is 31.9 Å². The average Bonchev–Trinajstić information content (AvgIpc) is 2.90. The summed E-state index contributed by atoms with van der Waals surface area (Å²) in [7, 11) is 0. The van der Waals surface area contributed by atoms with Crippen molar-refractivity contribution < 1.29 is 0 Å². The van der Waals surface area contributed by atoms with Crippen LogP contribution in [0.5, 0.6) is 0 Å². The van der Waals surface area contributed by atoms with Crippen LogP contribution in [-0.4, -0.2) is 12.6 Å². The highest BCUT2D eigenvalue weighted by atomic mass is 15.2. The molecule has 2 fully saturated rings. The van der Waals surface area contributed by atoms with Gasteiger partial charge in [0, 0.05) is 24.3 Å². The van der Waals surface area contributed by atoms with E-state index in [-0.39, 0.29) is 6.04 Å². The Labute approximate surface area is 117 Å². The SMILES string of the molecule is CC[C@H](N)c1ccc(N2CCC3CCCCC32)cc1. The van der Waals surface area contributed by atoms with Crippen LogP contribution in [0.15, 0.2) is 24.3 Å². The minimum Gasteiger partial charge on any atom is -0.368 e. The van der Waals surface area contributed by atoms with Crippen LogP contribution in [0.25, 0.3) is 0 Å². The van der Waals surface area contributed by atoms with Crippen LogP contribution in [-0.2, 0) is 0 Å². The molecule has 3 atom stereocenters. The van der Waals surface area contributed by atoms with Gasteiger partial charge >= 0.3 is 0 Å². The van der Waals surface area contributed by atoms with E-state index in [1.165, 1.54) is 49.9 Å². The monoisotopic (exact) mass is 258 g/mol. The Morgan fingerprint density at radius 3 is 2.63 bits per heavy atom. The number of hydrogen-bond acceptors (Lipinski definition) is 2. The van der Waals surface area contributed by atoms with Crippen molar-refractivity contribution >= 4 is 5.69 Å². The van der Waals surface area contributed by atoms with Gasteiger partial charge in [-0.15, -0.1) is 0 Å². The van der Waals surface area contributed by atoms with Crippen LogP contribution >= 0.6 is 0 Å². The molecule has 2 nitrogen and oxygen atoms in total. The fourth-order valence-electron chi connectivity index (χ4n) is 3.88. The highest BCUT2D eigenvalue weighted by Gasteiger charge is 2.35. The molecule has 19 heavy (non-hydrogen) atoms. The molecule has 0 radical (unpaired) electrons. The lowest BCUT2D eigenvalue weighted by molar-refractivity contribution is 0.342. The molecule has 2 unspecified atom stereocenters. The molecule has 104 valence electrons. The molecule has 1 aliphatic heterocycles. The molecule has 1 saturated carbocycles. The lowest BCUT2D eigenvalue weighted by Gasteiger charge is -2.33. The number of nitrogens with zero attached hydrogens (tertiary/aromatic N) is 1. The van der Waals surface area contributed by atoms with Gasteiger partial charge < -0.3 is 10.6 Å². The first-order valence-corrected chi connectivity index (χ1v) is 7.91. The second-order valence-corrected chi connectivity index (χ2v) is 6.20. The van der Waals surface area contributed by atoms with Gasteiger partial charge in [0.05, 0.1) is 0 Å². The van der Waals surface area contributed by atoms with E-state index in [1.807, 2.05) is 0 Å². The molecular weight excluding hydrogens is 232 g/mol. The zero-order valence-corrected chi connectivity index (χ0v) is 12.0. The van der Waals surface area contributed by atoms with E-state index in [0.29, 0.717) is 0 Å². The number of fused-ring (bicyclic) bond motifs is 1. The van der Waals surface area contributed by atoms with E-state index in [0.717, 1.165) is 18.4 Å². The van der Waals surface area contributed by atoms with Gasteiger partial charge in [-0.2, -0.15) is 0 Å². The summed E-state index contributed by atoms with van der Waals surface area (Å²) >= 11 is 0. The van der Waals surface area contributed by atoms with Crippen molar-refractivity contribution in [2.45, 2.75) is 57.5 Å². The summed E-state index contributed by atoms with van der Waals surface area (Å²) in [6.07, 6.45) is 8.09.